The van der Waals surface area contributed by atoms with Crippen molar-refractivity contribution < 1.29 is 13.2 Å². The smallest absolute Gasteiger partial charge is 0.166 e. The molecule has 0 aromatic heterocycles. The fraction of sp³-hybridized carbons (Fsp3) is 0.0435. The van der Waals surface area contributed by atoms with E-state index in [9.17, 15) is 13.2 Å². The molecule has 0 radical (unpaired) electrons. The summed E-state index contributed by atoms with van der Waals surface area (Å²) in [5.41, 5.74) is 1.15. The van der Waals surface area contributed by atoms with Gasteiger partial charge in [-0.2, -0.15) is 13.2 Å². The van der Waals surface area contributed by atoms with Crippen LogP contribution in [0, 0.1) is 23.7 Å². The summed E-state index contributed by atoms with van der Waals surface area (Å²) in [6.45, 7) is 0. The Kier molecular flexibility index (Phi) is 5.69. The zero-order chi connectivity index (χ0) is 19.3. The van der Waals surface area contributed by atoms with Crippen LogP contribution in [0.4, 0.5) is 13.2 Å². The third kappa shape index (κ3) is 5.03. The van der Waals surface area contributed by atoms with Crippen molar-refractivity contribution in [2.75, 3.05) is 0 Å². The van der Waals surface area contributed by atoms with Gasteiger partial charge in [0.15, 0.2) is 0 Å². The average Bonchev–Trinajstić information content (AvgIpc) is 2.67. The lowest BCUT2D eigenvalue weighted by Crippen LogP contribution is -2.06. The van der Waals surface area contributed by atoms with Crippen LogP contribution in [0.2, 0.25) is 0 Å². The summed E-state index contributed by atoms with van der Waals surface area (Å²) < 4.78 is 40.3. The molecule has 0 aliphatic carbocycles. The van der Waals surface area contributed by atoms with E-state index in [1.165, 1.54) is 0 Å². The Hall–Kier alpha value is -2.95. The molecule has 0 atom stereocenters. The van der Waals surface area contributed by atoms with Crippen molar-refractivity contribution in [3.63, 3.8) is 0 Å². The molecule has 0 unspecified atom stereocenters. The first kappa shape index (κ1) is 18.8. The van der Waals surface area contributed by atoms with Crippen LogP contribution >= 0.6 is 15.9 Å². The topological polar surface area (TPSA) is 0 Å². The quantitative estimate of drug-likeness (QED) is 0.373. The lowest BCUT2D eigenvalue weighted by Gasteiger charge is -2.10. The molecule has 0 aliphatic heterocycles. The highest BCUT2D eigenvalue weighted by molar-refractivity contribution is 9.10. The van der Waals surface area contributed by atoms with Crippen molar-refractivity contribution in [3.8, 4) is 23.7 Å². The van der Waals surface area contributed by atoms with E-state index in [2.05, 4.69) is 39.6 Å². The van der Waals surface area contributed by atoms with E-state index >= 15 is 0 Å². The fourth-order valence-corrected chi connectivity index (χ4v) is 2.72. The Bertz CT molecular complexity index is 983. The molecular formula is C23H12BrF3. The summed E-state index contributed by atoms with van der Waals surface area (Å²) in [6.07, 6.45) is -4.48. The van der Waals surface area contributed by atoms with Crippen LogP contribution in [0.15, 0.2) is 77.3 Å². The summed E-state index contributed by atoms with van der Waals surface area (Å²) in [6, 6.07) is 20.2. The van der Waals surface area contributed by atoms with Crippen molar-refractivity contribution in [2.45, 2.75) is 6.18 Å². The van der Waals surface area contributed by atoms with Crippen LogP contribution in [0.5, 0.6) is 0 Å². The third-order valence-corrected chi connectivity index (χ3v) is 4.48. The van der Waals surface area contributed by atoms with E-state index in [-0.39, 0.29) is 11.1 Å². The van der Waals surface area contributed by atoms with Crippen molar-refractivity contribution in [1.82, 2.24) is 0 Å². The van der Waals surface area contributed by atoms with Crippen LogP contribution in [0.25, 0.3) is 0 Å². The summed E-state index contributed by atoms with van der Waals surface area (Å²) >= 11 is 3.36. The summed E-state index contributed by atoms with van der Waals surface area (Å²) in [4.78, 5) is 0. The van der Waals surface area contributed by atoms with Gasteiger partial charge in [-0.15, -0.1) is 0 Å². The molecule has 3 aromatic rings. The van der Waals surface area contributed by atoms with E-state index < -0.39 is 11.7 Å². The minimum absolute atomic E-state index is 0.242. The van der Waals surface area contributed by atoms with Gasteiger partial charge >= 0.3 is 6.18 Å². The summed E-state index contributed by atoms with van der Waals surface area (Å²) in [5.74, 6) is 11.4. The largest absolute Gasteiger partial charge is 0.416 e. The molecule has 0 fully saturated rings. The maximum atomic E-state index is 13.3. The number of halogens is 4. The molecule has 0 saturated heterocycles. The molecule has 0 spiro atoms. The van der Waals surface area contributed by atoms with Gasteiger partial charge in [0.1, 0.15) is 0 Å². The van der Waals surface area contributed by atoms with Crippen LogP contribution in [-0.4, -0.2) is 0 Å². The van der Waals surface area contributed by atoms with E-state index in [1.807, 2.05) is 36.4 Å². The zero-order valence-electron chi connectivity index (χ0n) is 13.9. The van der Waals surface area contributed by atoms with Crippen LogP contribution in [0.3, 0.4) is 0 Å². The Morgan fingerprint density at radius 1 is 0.630 bits per heavy atom. The molecule has 0 bridgehead atoms. The molecular weight excluding hydrogens is 413 g/mol. The van der Waals surface area contributed by atoms with E-state index in [4.69, 9.17) is 0 Å². The van der Waals surface area contributed by atoms with Gasteiger partial charge in [0, 0.05) is 26.7 Å². The second-order valence-corrected chi connectivity index (χ2v) is 6.41. The Balaban J connectivity index is 2.09. The SMILES string of the molecule is FC(F)(F)c1cc(C#Cc2ccccc2)c(Br)c(C#Cc2ccccc2)c1. The second kappa shape index (κ2) is 8.16. The van der Waals surface area contributed by atoms with Gasteiger partial charge in [0.2, 0.25) is 0 Å². The molecule has 132 valence electrons. The van der Waals surface area contributed by atoms with Gasteiger partial charge in [0.05, 0.1) is 5.56 Å². The fourth-order valence-electron chi connectivity index (χ4n) is 2.29. The molecule has 0 heterocycles. The van der Waals surface area contributed by atoms with Crippen LogP contribution < -0.4 is 0 Å². The Morgan fingerprint density at radius 2 is 1.04 bits per heavy atom. The molecule has 27 heavy (non-hydrogen) atoms. The molecule has 0 aliphatic rings. The molecule has 0 amide bonds. The third-order valence-electron chi connectivity index (χ3n) is 3.63. The first-order chi connectivity index (χ1) is 12.9. The number of benzene rings is 3. The molecule has 0 saturated carbocycles. The molecule has 3 aromatic carbocycles. The average molecular weight is 425 g/mol. The zero-order valence-corrected chi connectivity index (χ0v) is 15.5. The van der Waals surface area contributed by atoms with Crippen molar-refractivity contribution in [2.24, 2.45) is 0 Å². The lowest BCUT2D eigenvalue weighted by atomic mass is 10.0. The number of rotatable bonds is 0. The van der Waals surface area contributed by atoms with Crippen molar-refractivity contribution in [3.05, 3.63) is 105 Å². The number of hydrogen-bond acceptors (Lipinski definition) is 0. The highest BCUT2D eigenvalue weighted by Crippen LogP contribution is 2.33. The minimum Gasteiger partial charge on any atom is -0.166 e. The summed E-state index contributed by atoms with van der Waals surface area (Å²) in [7, 11) is 0. The highest BCUT2D eigenvalue weighted by Gasteiger charge is 2.31. The Labute approximate surface area is 164 Å². The lowest BCUT2D eigenvalue weighted by molar-refractivity contribution is -0.137. The van der Waals surface area contributed by atoms with Gasteiger partial charge in [0.25, 0.3) is 0 Å². The maximum Gasteiger partial charge on any atom is 0.416 e. The van der Waals surface area contributed by atoms with Gasteiger partial charge in [-0.25, -0.2) is 0 Å². The molecule has 3 rings (SSSR count). The first-order valence-electron chi connectivity index (χ1n) is 7.98. The molecule has 0 N–H and O–H groups in total. The summed E-state index contributed by atoms with van der Waals surface area (Å²) in [5, 5.41) is 0. The number of alkyl halides is 3. The normalized spacial score (nSPS) is 10.4. The molecule has 4 heteroatoms. The van der Waals surface area contributed by atoms with E-state index in [0.717, 1.165) is 23.3 Å². The number of hydrogen-bond donors (Lipinski definition) is 0. The van der Waals surface area contributed by atoms with Crippen LogP contribution in [-0.2, 0) is 6.18 Å². The highest BCUT2D eigenvalue weighted by atomic mass is 79.9. The monoisotopic (exact) mass is 424 g/mol. The van der Waals surface area contributed by atoms with Gasteiger partial charge in [-0.1, -0.05) is 60.1 Å². The van der Waals surface area contributed by atoms with E-state index in [0.29, 0.717) is 4.47 Å². The van der Waals surface area contributed by atoms with Crippen molar-refractivity contribution in [1.29, 1.82) is 0 Å². The van der Waals surface area contributed by atoms with Crippen molar-refractivity contribution >= 4 is 15.9 Å². The van der Waals surface area contributed by atoms with Gasteiger partial charge < -0.3 is 0 Å². The maximum absolute atomic E-state index is 13.3. The van der Waals surface area contributed by atoms with Gasteiger partial charge in [-0.3, -0.25) is 0 Å². The van der Waals surface area contributed by atoms with Gasteiger partial charge in [-0.05, 0) is 52.3 Å². The Morgan fingerprint density at radius 3 is 1.41 bits per heavy atom. The predicted molar refractivity (Wildman–Crippen MR) is 104 cm³/mol. The van der Waals surface area contributed by atoms with Crippen LogP contribution in [0.1, 0.15) is 27.8 Å². The molecule has 0 nitrogen and oxygen atoms in total. The standard InChI is InChI=1S/C23H12BrF3/c24-22-19(13-11-17-7-3-1-4-8-17)15-21(23(25,26)27)16-20(22)14-12-18-9-5-2-6-10-18/h1-10,15-16H. The minimum atomic E-state index is -4.48. The van der Waals surface area contributed by atoms with E-state index in [1.54, 1.807) is 24.3 Å². The predicted octanol–water partition coefficient (Wildman–Crippen LogP) is 6.27. The second-order valence-electron chi connectivity index (χ2n) is 5.62. The first-order valence-corrected chi connectivity index (χ1v) is 8.77.